The molecule has 0 aliphatic heterocycles. The molecule has 1 nitrogen and oxygen atoms in total. The first-order chi connectivity index (χ1) is 4.75. The van der Waals surface area contributed by atoms with Crippen LogP contribution in [0.1, 0.15) is 20.3 Å². The third-order valence-electron chi connectivity index (χ3n) is 3.06. The van der Waals surface area contributed by atoms with Crippen LogP contribution in [0.3, 0.4) is 0 Å². The lowest BCUT2D eigenvalue weighted by Gasteiger charge is -2.11. The molecule has 1 N–H and O–H groups in total. The van der Waals surface area contributed by atoms with Gasteiger partial charge in [-0.3, -0.25) is 0 Å². The average Bonchev–Trinajstić information content (AvgIpc) is 2.67. The number of nitrogens with one attached hydrogen (secondary N) is 1. The van der Waals surface area contributed by atoms with Gasteiger partial charge in [0.05, 0.1) is 0 Å². The van der Waals surface area contributed by atoms with Crippen molar-refractivity contribution in [1.82, 2.24) is 5.32 Å². The van der Waals surface area contributed by atoms with E-state index < -0.39 is 0 Å². The Balaban J connectivity index is 1.68. The van der Waals surface area contributed by atoms with E-state index in [1.807, 2.05) is 0 Å². The van der Waals surface area contributed by atoms with Gasteiger partial charge < -0.3 is 5.32 Å². The van der Waals surface area contributed by atoms with Crippen LogP contribution in [0.4, 0.5) is 0 Å². The molecule has 0 heterocycles. The van der Waals surface area contributed by atoms with Crippen LogP contribution in [0.15, 0.2) is 0 Å². The van der Waals surface area contributed by atoms with E-state index >= 15 is 0 Å². The second-order valence-corrected chi connectivity index (χ2v) is 4.26. The second kappa shape index (κ2) is 1.97. The Kier molecular flexibility index (Phi) is 1.31. The predicted molar refractivity (Wildman–Crippen MR) is 42.8 cm³/mol. The molecule has 2 unspecified atom stereocenters. The Hall–Kier alpha value is -0.0400. The highest BCUT2D eigenvalue weighted by Gasteiger charge is 2.71. The van der Waals surface area contributed by atoms with Crippen molar-refractivity contribution in [3.05, 3.63) is 0 Å². The molecule has 2 aliphatic rings. The summed E-state index contributed by atoms with van der Waals surface area (Å²) in [7, 11) is 2.09. The zero-order valence-electron chi connectivity index (χ0n) is 7.09. The van der Waals surface area contributed by atoms with Crippen LogP contribution >= 0.6 is 0 Å². The van der Waals surface area contributed by atoms with Crippen LogP contribution in [0.2, 0.25) is 0 Å². The Morgan fingerprint density at radius 2 is 1.90 bits per heavy atom. The highest BCUT2D eigenvalue weighted by atomic mass is 15.0. The lowest BCUT2D eigenvalue weighted by atomic mass is 9.99. The van der Waals surface area contributed by atoms with E-state index in [9.17, 15) is 0 Å². The number of rotatable bonds is 3. The minimum Gasteiger partial charge on any atom is -0.316 e. The maximum Gasteiger partial charge on any atom is 0.0133 e. The van der Waals surface area contributed by atoms with Gasteiger partial charge in [0, 0.05) is 6.04 Å². The quantitative estimate of drug-likeness (QED) is 0.624. The van der Waals surface area contributed by atoms with E-state index in [0.717, 1.165) is 29.7 Å². The summed E-state index contributed by atoms with van der Waals surface area (Å²) in [4.78, 5) is 0. The van der Waals surface area contributed by atoms with Gasteiger partial charge in [0.15, 0.2) is 0 Å². The van der Waals surface area contributed by atoms with Crippen LogP contribution < -0.4 is 5.32 Å². The maximum absolute atomic E-state index is 3.34. The molecule has 10 heavy (non-hydrogen) atoms. The van der Waals surface area contributed by atoms with Crippen molar-refractivity contribution >= 4 is 0 Å². The third kappa shape index (κ3) is 0.800. The average molecular weight is 139 g/mol. The highest BCUT2D eigenvalue weighted by molar-refractivity contribution is 5.23. The molecule has 2 rings (SSSR count). The summed E-state index contributed by atoms with van der Waals surface area (Å²) in [5.41, 5.74) is 0. The lowest BCUT2D eigenvalue weighted by molar-refractivity contribution is 0.415. The van der Waals surface area contributed by atoms with Gasteiger partial charge in [-0.05, 0) is 37.1 Å². The van der Waals surface area contributed by atoms with Crippen LogP contribution in [-0.4, -0.2) is 13.1 Å². The van der Waals surface area contributed by atoms with Crippen molar-refractivity contribution in [2.45, 2.75) is 26.3 Å². The molecular weight excluding hydrogens is 122 g/mol. The first-order valence-electron chi connectivity index (χ1n) is 4.43. The van der Waals surface area contributed by atoms with E-state index in [0.29, 0.717) is 0 Å². The third-order valence-corrected chi connectivity index (χ3v) is 3.06. The molecule has 58 valence electrons. The first-order valence-corrected chi connectivity index (χ1v) is 4.43. The van der Waals surface area contributed by atoms with Gasteiger partial charge in [0.2, 0.25) is 0 Å². The second-order valence-electron chi connectivity index (χ2n) is 4.26. The van der Waals surface area contributed by atoms with Gasteiger partial charge in [-0.15, -0.1) is 0 Å². The Labute approximate surface area is 63.2 Å². The Morgan fingerprint density at radius 3 is 2.30 bits per heavy atom. The van der Waals surface area contributed by atoms with Crippen molar-refractivity contribution < 1.29 is 0 Å². The first kappa shape index (κ1) is 6.66. The summed E-state index contributed by atoms with van der Waals surface area (Å²) in [5, 5.41) is 3.34. The van der Waals surface area contributed by atoms with Crippen LogP contribution in [0, 0.1) is 23.7 Å². The summed E-state index contributed by atoms with van der Waals surface area (Å²) in [5.74, 6) is 4.20. The minimum absolute atomic E-state index is 0.912. The fourth-order valence-corrected chi connectivity index (χ4v) is 2.42. The molecule has 0 amide bonds. The minimum atomic E-state index is 0.912. The van der Waals surface area contributed by atoms with E-state index in [1.54, 1.807) is 0 Å². The number of hydrogen-bond donors (Lipinski definition) is 1. The smallest absolute Gasteiger partial charge is 0.0133 e. The van der Waals surface area contributed by atoms with E-state index in [2.05, 4.69) is 26.2 Å². The Bertz CT molecular complexity index is 132. The lowest BCUT2D eigenvalue weighted by Crippen LogP contribution is -2.21. The van der Waals surface area contributed by atoms with Crippen molar-refractivity contribution in [2.75, 3.05) is 7.05 Å². The van der Waals surface area contributed by atoms with Crippen LogP contribution in [0.5, 0.6) is 0 Å². The molecule has 0 bridgehead atoms. The molecule has 0 aromatic heterocycles. The molecule has 2 atom stereocenters. The molecule has 0 saturated heterocycles. The molecule has 2 aliphatic carbocycles. The van der Waals surface area contributed by atoms with Crippen molar-refractivity contribution in [2.24, 2.45) is 23.7 Å². The zero-order chi connectivity index (χ0) is 7.30. The molecule has 0 aromatic rings. The van der Waals surface area contributed by atoms with Crippen molar-refractivity contribution in [3.63, 3.8) is 0 Å². The summed E-state index contributed by atoms with van der Waals surface area (Å²) in [6.07, 6.45) is 1.47. The summed E-state index contributed by atoms with van der Waals surface area (Å²) in [6, 6.07) is 0.920. The standard InChI is InChI=1S/C9H17N/c1-5(2)4-6-7-8(6)9(7)10-3/h5-10H,4H2,1-3H3. The molecule has 2 fully saturated rings. The molecular formula is C9H17N. The summed E-state index contributed by atoms with van der Waals surface area (Å²) < 4.78 is 0. The van der Waals surface area contributed by atoms with Crippen molar-refractivity contribution in [3.8, 4) is 0 Å². The van der Waals surface area contributed by atoms with E-state index in [-0.39, 0.29) is 0 Å². The van der Waals surface area contributed by atoms with E-state index in [1.165, 1.54) is 6.42 Å². The molecule has 0 radical (unpaired) electrons. The highest BCUT2D eigenvalue weighted by Crippen LogP contribution is 2.69. The summed E-state index contributed by atoms with van der Waals surface area (Å²) >= 11 is 0. The van der Waals surface area contributed by atoms with Crippen molar-refractivity contribution in [1.29, 1.82) is 0 Å². The fraction of sp³-hybridized carbons (Fsp3) is 1.00. The van der Waals surface area contributed by atoms with Gasteiger partial charge in [0.1, 0.15) is 0 Å². The summed E-state index contributed by atoms with van der Waals surface area (Å²) in [6.45, 7) is 4.65. The normalized spacial score (nSPS) is 49.2. The van der Waals surface area contributed by atoms with Gasteiger partial charge >= 0.3 is 0 Å². The monoisotopic (exact) mass is 139 g/mol. The van der Waals surface area contributed by atoms with Crippen LogP contribution in [0.25, 0.3) is 0 Å². The van der Waals surface area contributed by atoms with E-state index in [4.69, 9.17) is 0 Å². The molecule has 1 heteroatoms. The Morgan fingerprint density at radius 1 is 1.30 bits per heavy atom. The number of hydrogen-bond acceptors (Lipinski definition) is 1. The number of fused-ring (bicyclic) bond motifs is 1. The molecule has 0 aromatic carbocycles. The van der Waals surface area contributed by atoms with Crippen LogP contribution in [-0.2, 0) is 0 Å². The molecule has 2 saturated carbocycles. The topological polar surface area (TPSA) is 12.0 Å². The SMILES string of the molecule is CNC1C2C(CC(C)C)C12. The van der Waals surface area contributed by atoms with Gasteiger partial charge in [-0.25, -0.2) is 0 Å². The van der Waals surface area contributed by atoms with Gasteiger partial charge in [-0.1, -0.05) is 13.8 Å². The molecule has 0 spiro atoms. The van der Waals surface area contributed by atoms with Gasteiger partial charge in [0.25, 0.3) is 0 Å². The largest absolute Gasteiger partial charge is 0.316 e. The predicted octanol–water partition coefficient (Wildman–Crippen LogP) is 1.50. The van der Waals surface area contributed by atoms with Gasteiger partial charge in [-0.2, -0.15) is 0 Å². The fourth-order valence-electron chi connectivity index (χ4n) is 2.42. The zero-order valence-corrected chi connectivity index (χ0v) is 7.09. The maximum atomic E-state index is 3.34.